The van der Waals surface area contributed by atoms with Crippen molar-refractivity contribution in [2.45, 2.75) is 4.21 Å². The number of amides is 1. The van der Waals surface area contributed by atoms with Crippen LogP contribution in [0.4, 0.5) is 0 Å². The number of para-hydroxylation sites is 2. The van der Waals surface area contributed by atoms with Gasteiger partial charge in [-0.3, -0.25) is 10.2 Å². The number of fused-ring (bicyclic) bond motifs is 1. The van der Waals surface area contributed by atoms with Crippen LogP contribution in [0.5, 0.6) is 0 Å². The highest BCUT2D eigenvalue weighted by Crippen LogP contribution is 2.19. The number of rotatable bonds is 5. The third kappa shape index (κ3) is 3.11. The lowest BCUT2D eigenvalue weighted by molar-refractivity contribution is -0.117. The molecule has 0 aliphatic carbocycles. The van der Waals surface area contributed by atoms with Crippen LogP contribution >= 0.6 is 11.3 Å². The van der Waals surface area contributed by atoms with Crippen molar-refractivity contribution in [1.82, 2.24) is 14.0 Å². The Balaban J connectivity index is 1.72. The highest BCUT2D eigenvalue weighted by Gasteiger charge is 2.24. The molecule has 0 unspecified atom stereocenters. The Morgan fingerprint density at radius 2 is 2.09 bits per heavy atom. The van der Waals surface area contributed by atoms with E-state index >= 15 is 0 Å². The molecule has 9 heteroatoms. The Morgan fingerprint density at radius 3 is 2.83 bits per heavy atom. The molecule has 7 nitrogen and oxygen atoms in total. The minimum absolute atomic E-state index is 0.209. The highest BCUT2D eigenvalue weighted by molar-refractivity contribution is 7.91. The standard InChI is InChI=1S/C14H14N4O3S2/c1-17(23(20,21)14-7-4-8-22-14)9-13(19)16-18-10-15-11-5-2-3-6-12(11)18/h2-8,10H,9H2,1H3,(H,16,19). The fourth-order valence-electron chi connectivity index (χ4n) is 2.07. The average Bonchev–Trinajstić information content (AvgIpc) is 3.17. The summed E-state index contributed by atoms with van der Waals surface area (Å²) in [5.74, 6) is -0.448. The molecule has 0 radical (unpaired) electrons. The molecule has 2 heterocycles. The second-order valence-corrected chi connectivity index (χ2v) is 8.05. The van der Waals surface area contributed by atoms with Gasteiger partial charge in [0.05, 0.1) is 17.6 Å². The summed E-state index contributed by atoms with van der Waals surface area (Å²) in [4.78, 5) is 16.3. The molecule has 0 fully saturated rings. The Kier molecular flexibility index (Phi) is 4.16. The normalized spacial score (nSPS) is 11.9. The molecule has 2 aromatic heterocycles. The molecule has 120 valence electrons. The zero-order valence-electron chi connectivity index (χ0n) is 12.2. The van der Waals surface area contributed by atoms with Gasteiger partial charge in [-0.2, -0.15) is 4.31 Å². The van der Waals surface area contributed by atoms with Gasteiger partial charge in [0.25, 0.3) is 15.9 Å². The number of likely N-dealkylation sites (N-methyl/N-ethyl adjacent to an activating group) is 1. The molecule has 1 aromatic carbocycles. The number of nitrogens with zero attached hydrogens (tertiary/aromatic N) is 3. The van der Waals surface area contributed by atoms with Crippen LogP contribution in [-0.4, -0.2) is 41.9 Å². The van der Waals surface area contributed by atoms with Gasteiger partial charge in [0.15, 0.2) is 0 Å². The molecule has 0 saturated heterocycles. The maximum atomic E-state index is 12.3. The number of thiophene rings is 1. The Hall–Kier alpha value is -2.23. The van der Waals surface area contributed by atoms with Gasteiger partial charge in [-0.15, -0.1) is 11.3 Å². The highest BCUT2D eigenvalue weighted by atomic mass is 32.2. The van der Waals surface area contributed by atoms with Crippen LogP contribution in [0.2, 0.25) is 0 Å². The number of hydrogen-bond donors (Lipinski definition) is 1. The molecular weight excluding hydrogens is 336 g/mol. The summed E-state index contributed by atoms with van der Waals surface area (Å²) >= 11 is 1.12. The molecular formula is C14H14N4O3S2. The van der Waals surface area contributed by atoms with E-state index in [4.69, 9.17) is 0 Å². The van der Waals surface area contributed by atoms with Crippen LogP contribution in [-0.2, 0) is 14.8 Å². The SMILES string of the molecule is CN(CC(=O)Nn1cnc2ccccc21)S(=O)(=O)c1cccs1. The molecule has 0 aliphatic heterocycles. The number of aromatic nitrogens is 2. The van der Waals surface area contributed by atoms with E-state index in [1.165, 1.54) is 24.1 Å². The smallest absolute Gasteiger partial charge is 0.254 e. The largest absolute Gasteiger partial charge is 0.272 e. The number of carbonyl (C=O) groups excluding carboxylic acids is 1. The summed E-state index contributed by atoms with van der Waals surface area (Å²) in [7, 11) is -2.27. The van der Waals surface area contributed by atoms with Crippen molar-refractivity contribution in [1.29, 1.82) is 0 Å². The zero-order valence-corrected chi connectivity index (χ0v) is 13.8. The third-order valence-corrected chi connectivity index (χ3v) is 6.40. The predicted octanol–water partition coefficient (Wildman–Crippen LogP) is 1.49. The molecule has 0 atom stereocenters. The Labute approximate surface area is 137 Å². The van der Waals surface area contributed by atoms with Crippen molar-refractivity contribution in [3.8, 4) is 0 Å². The summed E-state index contributed by atoms with van der Waals surface area (Å²) in [5.41, 5.74) is 4.11. The topological polar surface area (TPSA) is 84.3 Å². The van der Waals surface area contributed by atoms with E-state index in [-0.39, 0.29) is 10.8 Å². The summed E-state index contributed by atoms with van der Waals surface area (Å²) < 4.78 is 27.3. The van der Waals surface area contributed by atoms with Crippen molar-refractivity contribution in [2.24, 2.45) is 0 Å². The van der Waals surface area contributed by atoms with E-state index in [1.807, 2.05) is 24.3 Å². The number of nitrogens with one attached hydrogen (secondary N) is 1. The molecule has 0 bridgehead atoms. The van der Waals surface area contributed by atoms with Crippen LogP contribution < -0.4 is 5.43 Å². The molecule has 3 aromatic rings. The minimum Gasteiger partial charge on any atom is -0.272 e. The van der Waals surface area contributed by atoms with E-state index < -0.39 is 15.9 Å². The van der Waals surface area contributed by atoms with Gasteiger partial charge in [0, 0.05) is 7.05 Å². The number of hydrogen-bond acceptors (Lipinski definition) is 5. The van der Waals surface area contributed by atoms with Crippen LogP contribution in [0.3, 0.4) is 0 Å². The lowest BCUT2D eigenvalue weighted by Gasteiger charge is -2.16. The van der Waals surface area contributed by atoms with Crippen LogP contribution in [0.15, 0.2) is 52.3 Å². The maximum Gasteiger partial charge on any atom is 0.254 e. The van der Waals surface area contributed by atoms with Crippen LogP contribution in [0.25, 0.3) is 11.0 Å². The molecule has 0 spiro atoms. The predicted molar refractivity (Wildman–Crippen MR) is 88.2 cm³/mol. The van der Waals surface area contributed by atoms with Gasteiger partial charge in [0.2, 0.25) is 0 Å². The number of carbonyl (C=O) groups is 1. The maximum absolute atomic E-state index is 12.3. The van der Waals surface area contributed by atoms with E-state index in [2.05, 4.69) is 10.4 Å². The van der Waals surface area contributed by atoms with Crippen molar-refractivity contribution >= 4 is 38.3 Å². The van der Waals surface area contributed by atoms with Crippen LogP contribution in [0, 0.1) is 0 Å². The average molecular weight is 350 g/mol. The minimum atomic E-state index is -3.65. The lowest BCUT2D eigenvalue weighted by Crippen LogP contribution is -2.37. The first kappa shape index (κ1) is 15.7. The first-order valence-electron chi connectivity index (χ1n) is 6.70. The number of sulfonamides is 1. The van der Waals surface area contributed by atoms with E-state index in [0.29, 0.717) is 0 Å². The van der Waals surface area contributed by atoms with Gasteiger partial charge in [-0.05, 0) is 23.6 Å². The van der Waals surface area contributed by atoms with Crippen molar-refractivity contribution < 1.29 is 13.2 Å². The molecule has 0 saturated carbocycles. The van der Waals surface area contributed by atoms with E-state index in [0.717, 1.165) is 26.7 Å². The number of imidazole rings is 1. The molecule has 23 heavy (non-hydrogen) atoms. The first-order valence-corrected chi connectivity index (χ1v) is 9.02. The molecule has 3 rings (SSSR count). The second-order valence-electron chi connectivity index (χ2n) is 4.83. The van der Waals surface area contributed by atoms with Gasteiger partial charge >= 0.3 is 0 Å². The molecule has 1 N–H and O–H groups in total. The van der Waals surface area contributed by atoms with Crippen molar-refractivity contribution in [3.05, 3.63) is 48.1 Å². The quantitative estimate of drug-likeness (QED) is 0.755. The fraction of sp³-hybridized carbons (Fsp3) is 0.143. The summed E-state index contributed by atoms with van der Waals surface area (Å²) in [6, 6.07) is 10.5. The summed E-state index contributed by atoms with van der Waals surface area (Å²) in [6.45, 7) is -0.285. The van der Waals surface area contributed by atoms with Crippen molar-refractivity contribution in [3.63, 3.8) is 0 Å². The Morgan fingerprint density at radius 1 is 1.30 bits per heavy atom. The molecule has 1 amide bonds. The van der Waals surface area contributed by atoms with Gasteiger partial charge in [-0.1, -0.05) is 18.2 Å². The lowest BCUT2D eigenvalue weighted by atomic mass is 10.3. The fourth-order valence-corrected chi connectivity index (χ4v) is 4.40. The summed E-state index contributed by atoms with van der Waals surface area (Å²) in [6.07, 6.45) is 1.48. The third-order valence-electron chi connectivity index (χ3n) is 3.22. The monoisotopic (exact) mass is 350 g/mol. The number of benzene rings is 1. The van der Waals surface area contributed by atoms with Crippen molar-refractivity contribution in [2.75, 3.05) is 19.0 Å². The molecule has 0 aliphatic rings. The summed E-state index contributed by atoms with van der Waals surface area (Å²) in [5, 5.41) is 1.68. The zero-order chi connectivity index (χ0) is 16.4. The van der Waals surface area contributed by atoms with E-state index in [1.54, 1.807) is 11.4 Å². The first-order chi connectivity index (χ1) is 11.0. The van der Waals surface area contributed by atoms with Crippen LogP contribution in [0.1, 0.15) is 0 Å². The van der Waals surface area contributed by atoms with E-state index in [9.17, 15) is 13.2 Å². The van der Waals surface area contributed by atoms with Gasteiger partial charge < -0.3 is 0 Å². The Bertz CT molecular complexity index is 932. The van der Waals surface area contributed by atoms with Gasteiger partial charge in [0.1, 0.15) is 10.5 Å². The van der Waals surface area contributed by atoms with Gasteiger partial charge in [-0.25, -0.2) is 18.1 Å². The second kappa shape index (κ2) is 6.11.